The van der Waals surface area contributed by atoms with E-state index >= 15 is 0 Å². The molecule has 0 aromatic carbocycles. The molecule has 1 saturated heterocycles. The van der Waals surface area contributed by atoms with Crippen LogP contribution in [0.1, 0.15) is 26.2 Å². The number of carbonyl (C=O) groups is 2. The molecule has 2 aliphatic rings. The van der Waals surface area contributed by atoms with Gasteiger partial charge < -0.3 is 15.2 Å². The lowest BCUT2D eigenvalue weighted by molar-refractivity contribution is -0.141. The molecule has 114 valence electrons. The van der Waals surface area contributed by atoms with E-state index in [2.05, 4.69) is 5.32 Å². The van der Waals surface area contributed by atoms with Crippen molar-refractivity contribution >= 4 is 23.8 Å². The van der Waals surface area contributed by atoms with Crippen molar-refractivity contribution in [2.75, 3.05) is 26.0 Å². The standard InChI is InChI=1S/C13H22N2O4S/c1-9-15(10(7-20-9)11(16)17)12(18)14-8-13(3-4-13)5-6-19-2/h9-10H,3-8H2,1-2H3,(H,14,18)(H,16,17). The zero-order valence-corrected chi connectivity index (χ0v) is 12.7. The van der Waals surface area contributed by atoms with Gasteiger partial charge in [-0.2, -0.15) is 0 Å². The molecule has 2 fully saturated rings. The van der Waals surface area contributed by atoms with Crippen LogP contribution in [0.2, 0.25) is 0 Å². The third kappa shape index (κ3) is 3.38. The maximum atomic E-state index is 12.2. The number of hydrogen-bond donors (Lipinski definition) is 2. The van der Waals surface area contributed by atoms with Crippen molar-refractivity contribution in [3.8, 4) is 0 Å². The molecular weight excluding hydrogens is 280 g/mol. The Morgan fingerprint density at radius 2 is 2.20 bits per heavy atom. The Hall–Kier alpha value is -0.950. The third-order valence-electron chi connectivity index (χ3n) is 4.15. The smallest absolute Gasteiger partial charge is 0.327 e. The molecule has 1 aliphatic heterocycles. The van der Waals surface area contributed by atoms with E-state index in [1.807, 2.05) is 6.92 Å². The molecule has 2 N–H and O–H groups in total. The summed E-state index contributed by atoms with van der Waals surface area (Å²) in [6, 6.07) is -0.984. The predicted molar refractivity (Wildman–Crippen MR) is 76.7 cm³/mol. The van der Waals surface area contributed by atoms with Gasteiger partial charge in [0.05, 0.1) is 5.37 Å². The Kier molecular flexibility index (Phi) is 4.80. The average Bonchev–Trinajstić information content (AvgIpc) is 3.08. The maximum Gasteiger partial charge on any atom is 0.327 e. The van der Waals surface area contributed by atoms with Gasteiger partial charge in [-0.25, -0.2) is 9.59 Å². The number of carboxylic acid groups (broad SMARTS) is 1. The summed E-state index contributed by atoms with van der Waals surface area (Å²) < 4.78 is 5.09. The number of thioether (sulfide) groups is 1. The highest BCUT2D eigenvalue weighted by atomic mass is 32.2. The number of carbonyl (C=O) groups excluding carboxylic acids is 1. The molecule has 7 heteroatoms. The van der Waals surface area contributed by atoms with Crippen molar-refractivity contribution in [2.45, 2.75) is 37.6 Å². The highest BCUT2D eigenvalue weighted by Crippen LogP contribution is 2.48. The highest BCUT2D eigenvalue weighted by molar-refractivity contribution is 8.00. The quantitative estimate of drug-likeness (QED) is 0.774. The van der Waals surface area contributed by atoms with Crippen LogP contribution in [0.4, 0.5) is 4.79 Å². The Morgan fingerprint density at radius 1 is 1.50 bits per heavy atom. The van der Waals surface area contributed by atoms with E-state index in [4.69, 9.17) is 9.84 Å². The van der Waals surface area contributed by atoms with Gasteiger partial charge in [0, 0.05) is 26.0 Å². The largest absolute Gasteiger partial charge is 0.480 e. The summed E-state index contributed by atoms with van der Waals surface area (Å²) in [6.45, 7) is 3.17. The van der Waals surface area contributed by atoms with Gasteiger partial charge in [0.15, 0.2) is 0 Å². The van der Waals surface area contributed by atoms with Crippen LogP contribution in [0, 0.1) is 5.41 Å². The lowest BCUT2D eigenvalue weighted by Crippen LogP contribution is -2.50. The van der Waals surface area contributed by atoms with Gasteiger partial charge in [0.25, 0.3) is 0 Å². The first-order chi connectivity index (χ1) is 9.49. The number of amides is 2. The van der Waals surface area contributed by atoms with E-state index in [1.54, 1.807) is 7.11 Å². The number of hydrogen-bond acceptors (Lipinski definition) is 4. The number of nitrogens with one attached hydrogen (secondary N) is 1. The molecule has 1 saturated carbocycles. The molecular formula is C13H22N2O4S. The number of methoxy groups -OCH3 is 1. The van der Waals surface area contributed by atoms with Crippen LogP contribution >= 0.6 is 11.8 Å². The van der Waals surface area contributed by atoms with E-state index < -0.39 is 12.0 Å². The minimum atomic E-state index is -0.933. The summed E-state index contributed by atoms with van der Waals surface area (Å²) in [4.78, 5) is 24.8. The van der Waals surface area contributed by atoms with Gasteiger partial charge >= 0.3 is 12.0 Å². The molecule has 0 aromatic heterocycles. The first-order valence-electron chi connectivity index (χ1n) is 6.89. The molecule has 2 rings (SSSR count). The number of aliphatic carboxylic acids is 1. The Balaban J connectivity index is 1.86. The second-order valence-electron chi connectivity index (χ2n) is 5.60. The maximum absolute atomic E-state index is 12.2. The first kappa shape index (κ1) is 15.4. The molecule has 0 radical (unpaired) electrons. The topological polar surface area (TPSA) is 78.9 Å². The summed E-state index contributed by atoms with van der Waals surface area (Å²) in [5.41, 5.74) is 0.167. The Bertz CT molecular complexity index is 387. The molecule has 1 aliphatic carbocycles. The number of carboxylic acids is 1. The molecule has 2 atom stereocenters. The molecule has 0 bridgehead atoms. The minimum Gasteiger partial charge on any atom is -0.480 e. The monoisotopic (exact) mass is 302 g/mol. The second-order valence-corrected chi connectivity index (χ2v) is 6.94. The zero-order chi connectivity index (χ0) is 14.8. The zero-order valence-electron chi connectivity index (χ0n) is 11.9. The van der Waals surface area contributed by atoms with Gasteiger partial charge in [-0.15, -0.1) is 11.8 Å². The van der Waals surface area contributed by atoms with Crippen LogP contribution in [0.3, 0.4) is 0 Å². The van der Waals surface area contributed by atoms with Gasteiger partial charge in [0.2, 0.25) is 0 Å². The fraction of sp³-hybridized carbons (Fsp3) is 0.846. The Morgan fingerprint density at radius 3 is 2.75 bits per heavy atom. The molecule has 0 spiro atoms. The van der Waals surface area contributed by atoms with Crippen molar-refractivity contribution in [3.05, 3.63) is 0 Å². The van der Waals surface area contributed by atoms with Gasteiger partial charge in [-0.05, 0) is 31.6 Å². The summed E-state index contributed by atoms with van der Waals surface area (Å²) in [6.07, 6.45) is 3.14. The van der Waals surface area contributed by atoms with E-state index in [-0.39, 0.29) is 16.8 Å². The SMILES string of the molecule is COCCC1(CNC(=O)N2C(C)SCC2C(=O)O)CC1. The van der Waals surface area contributed by atoms with Crippen molar-refractivity contribution in [2.24, 2.45) is 5.41 Å². The number of urea groups is 1. The van der Waals surface area contributed by atoms with E-state index in [1.165, 1.54) is 16.7 Å². The molecule has 20 heavy (non-hydrogen) atoms. The average molecular weight is 302 g/mol. The fourth-order valence-corrected chi connectivity index (χ4v) is 3.67. The number of rotatable bonds is 6. The van der Waals surface area contributed by atoms with Crippen LogP contribution in [0.5, 0.6) is 0 Å². The highest BCUT2D eigenvalue weighted by Gasteiger charge is 2.44. The molecule has 0 aromatic rings. The van der Waals surface area contributed by atoms with E-state index in [0.717, 1.165) is 19.3 Å². The summed E-state index contributed by atoms with van der Waals surface area (Å²) >= 11 is 1.50. The predicted octanol–water partition coefficient (Wildman–Crippen LogP) is 1.36. The normalized spacial score (nSPS) is 27.4. The van der Waals surface area contributed by atoms with E-state index in [0.29, 0.717) is 18.9 Å². The molecule has 1 heterocycles. The van der Waals surface area contributed by atoms with Crippen molar-refractivity contribution < 1.29 is 19.4 Å². The molecule has 2 amide bonds. The minimum absolute atomic E-state index is 0.0924. The summed E-state index contributed by atoms with van der Waals surface area (Å²) in [5.74, 6) is -0.476. The molecule has 2 unspecified atom stereocenters. The van der Waals surface area contributed by atoms with Crippen LogP contribution in [-0.2, 0) is 9.53 Å². The van der Waals surface area contributed by atoms with E-state index in [9.17, 15) is 9.59 Å². The lowest BCUT2D eigenvalue weighted by Gasteiger charge is -2.26. The number of ether oxygens (including phenoxy) is 1. The van der Waals surface area contributed by atoms with Crippen LogP contribution < -0.4 is 5.32 Å². The van der Waals surface area contributed by atoms with Crippen molar-refractivity contribution in [1.29, 1.82) is 0 Å². The third-order valence-corrected chi connectivity index (χ3v) is 5.37. The second kappa shape index (κ2) is 6.22. The van der Waals surface area contributed by atoms with Crippen LogP contribution in [0.15, 0.2) is 0 Å². The summed E-state index contributed by atoms with van der Waals surface area (Å²) in [7, 11) is 1.68. The first-order valence-corrected chi connectivity index (χ1v) is 7.93. The molecule has 6 nitrogen and oxygen atoms in total. The van der Waals surface area contributed by atoms with Gasteiger partial charge in [0.1, 0.15) is 6.04 Å². The number of nitrogens with zero attached hydrogens (tertiary/aromatic N) is 1. The van der Waals surface area contributed by atoms with Crippen molar-refractivity contribution in [3.63, 3.8) is 0 Å². The van der Waals surface area contributed by atoms with Crippen LogP contribution in [0.25, 0.3) is 0 Å². The van der Waals surface area contributed by atoms with Crippen molar-refractivity contribution in [1.82, 2.24) is 10.2 Å². The van der Waals surface area contributed by atoms with Gasteiger partial charge in [-0.3, -0.25) is 4.90 Å². The summed E-state index contributed by atoms with van der Waals surface area (Å²) in [5, 5.41) is 12.0. The fourth-order valence-electron chi connectivity index (χ4n) is 2.51. The lowest BCUT2D eigenvalue weighted by atomic mass is 10.0. The van der Waals surface area contributed by atoms with Gasteiger partial charge in [-0.1, -0.05) is 0 Å². The van der Waals surface area contributed by atoms with Crippen LogP contribution in [-0.4, -0.2) is 59.4 Å². The Labute approximate surface area is 123 Å².